The summed E-state index contributed by atoms with van der Waals surface area (Å²) in [6.07, 6.45) is 2.39. The lowest BCUT2D eigenvalue weighted by molar-refractivity contribution is 0.0217. The molecule has 2 aromatic rings. The van der Waals surface area contributed by atoms with Crippen LogP contribution in [0.5, 0.6) is 10.8 Å². The fraction of sp³-hybridized carbons (Fsp3) is 0.450. The third-order valence-electron chi connectivity index (χ3n) is 5.53. The Labute approximate surface area is 152 Å². The first-order valence-electron chi connectivity index (χ1n) is 8.99. The second kappa shape index (κ2) is 6.81. The van der Waals surface area contributed by atoms with E-state index in [1.165, 1.54) is 30.8 Å². The summed E-state index contributed by atoms with van der Waals surface area (Å²) in [5.41, 5.74) is 0.693. The molecule has 0 saturated carbocycles. The summed E-state index contributed by atoms with van der Waals surface area (Å²) in [5.74, 6) is 1.40. The predicted octanol–water partition coefficient (Wildman–Crippen LogP) is 4.06. The first kappa shape index (κ1) is 16.6. The fourth-order valence-corrected chi connectivity index (χ4v) is 4.76. The molecule has 0 spiro atoms. The molecule has 5 rings (SSSR count). The van der Waals surface area contributed by atoms with Gasteiger partial charge in [-0.3, -0.25) is 9.69 Å². The van der Waals surface area contributed by atoms with Gasteiger partial charge in [-0.2, -0.15) is 0 Å². The Balaban J connectivity index is 1.40. The Morgan fingerprint density at radius 2 is 1.88 bits per heavy atom. The number of thiophene rings is 1. The Bertz CT molecular complexity index is 745. The van der Waals surface area contributed by atoms with Crippen molar-refractivity contribution >= 4 is 17.2 Å². The van der Waals surface area contributed by atoms with Crippen LogP contribution in [0.4, 0.5) is 0 Å². The first-order chi connectivity index (χ1) is 12.1. The minimum absolute atomic E-state index is 0.0177. The SMILES string of the molecule is Cc1ccc(Oc2ccc(C(=O)NC3C4CCN(CC4)C3C)cc2)s1. The maximum Gasteiger partial charge on any atom is 0.251 e. The van der Waals surface area contributed by atoms with Gasteiger partial charge in [0, 0.05) is 22.5 Å². The molecule has 3 fully saturated rings. The first-order valence-corrected chi connectivity index (χ1v) is 9.81. The van der Waals surface area contributed by atoms with E-state index in [1.807, 2.05) is 36.4 Å². The average molecular weight is 356 g/mol. The lowest BCUT2D eigenvalue weighted by Gasteiger charge is -2.49. The molecule has 2 atom stereocenters. The average Bonchev–Trinajstić information content (AvgIpc) is 3.04. The minimum atomic E-state index is 0.0177. The molecule has 25 heavy (non-hydrogen) atoms. The molecule has 3 saturated heterocycles. The Hall–Kier alpha value is -1.85. The van der Waals surface area contributed by atoms with E-state index in [0.717, 1.165) is 10.8 Å². The number of ether oxygens (including phenoxy) is 1. The van der Waals surface area contributed by atoms with E-state index < -0.39 is 0 Å². The van der Waals surface area contributed by atoms with Crippen molar-refractivity contribution in [3.05, 3.63) is 46.8 Å². The number of rotatable bonds is 4. The molecule has 1 N–H and O–H groups in total. The van der Waals surface area contributed by atoms with Crippen LogP contribution >= 0.6 is 11.3 Å². The van der Waals surface area contributed by atoms with Crippen LogP contribution in [0, 0.1) is 12.8 Å². The monoisotopic (exact) mass is 356 g/mol. The number of carbonyl (C=O) groups excluding carboxylic acids is 1. The number of hydrogen-bond acceptors (Lipinski definition) is 4. The van der Waals surface area contributed by atoms with Crippen LogP contribution < -0.4 is 10.1 Å². The quantitative estimate of drug-likeness (QED) is 0.898. The van der Waals surface area contributed by atoms with Gasteiger partial charge in [0.25, 0.3) is 5.91 Å². The van der Waals surface area contributed by atoms with E-state index in [0.29, 0.717) is 17.5 Å². The lowest BCUT2D eigenvalue weighted by atomic mass is 9.79. The number of aryl methyl sites for hydroxylation is 1. The summed E-state index contributed by atoms with van der Waals surface area (Å²) in [6.45, 7) is 6.63. The van der Waals surface area contributed by atoms with Crippen molar-refractivity contribution < 1.29 is 9.53 Å². The van der Waals surface area contributed by atoms with Crippen LogP contribution in [0.3, 0.4) is 0 Å². The van der Waals surface area contributed by atoms with Gasteiger partial charge in [-0.15, -0.1) is 11.3 Å². The molecule has 0 radical (unpaired) electrons. The largest absolute Gasteiger partial charge is 0.447 e. The fourth-order valence-electron chi connectivity index (χ4n) is 4.04. The Morgan fingerprint density at radius 1 is 1.16 bits per heavy atom. The number of piperidine rings is 3. The zero-order chi connectivity index (χ0) is 17.4. The topological polar surface area (TPSA) is 41.6 Å². The number of amides is 1. The summed E-state index contributed by atoms with van der Waals surface area (Å²) in [6, 6.07) is 12.1. The van der Waals surface area contributed by atoms with Crippen LogP contribution in [-0.4, -0.2) is 36.0 Å². The van der Waals surface area contributed by atoms with Crippen molar-refractivity contribution in [1.82, 2.24) is 10.2 Å². The Kier molecular flexibility index (Phi) is 4.52. The molecule has 3 aliphatic rings. The van der Waals surface area contributed by atoms with Crippen LogP contribution in [0.2, 0.25) is 0 Å². The van der Waals surface area contributed by atoms with Gasteiger partial charge in [0.05, 0.1) is 0 Å². The van der Waals surface area contributed by atoms with Crippen LogP contribution in [0.1, 0.15) is 35.0 Å². The highest BCUT2D eigenvalue weighted by atomic mass is 32.1. The van der Waals surface area contributed by atoms with Gasteiger partial charge in [-0.25, -0.2) is 0 Å². The van der Waals surface area contributed by atoms with Crippen molar-refractivity contribution in [2.24, 2.45) is 5.92 Å². The van der Waals surface area contributed by atoms with E-state index in [2.05, 4.69) is 24.1 Å². The van der Waals surface area contributed by atoms with E-state index in [4.69, 9.17) is 4.74 Å². The van der Waals surface area contributed by atoms with Crippen molar-refractivity contribution in [2.75, 3.05) is 13.1 Å². The molecule has 5 heteroatoms. The normalized spacial score (nSPS) is 27.9. The lowest BCUT2D eigenvalue weighted by Crippen LogP contribution is -2.62. The van der Waals surface area contributed by atoms with Crippen LogP contribution in [-0.2, 0) is 0 Å². The molecule has 1 aromatic heterocycles. The molecule has 4 nitrogen and oxygen atoms in total. The molecule has 0 aliphatic carbocycles. The predicted molar refractivity (Wildman–Crippen MR) is 101 cm³/mol. The molecule has 3 aliphatic heterocycles. The van der Waals surface area contributed by atoms with E-state index in [-0.39, 0.29) is 11.9 Å². The number of carbonyl (C=O) groups is 1. The zero-order valence-electron chi connectivity index (χ0n) is 14.7. The highest BCUT2D eigenvalue weighted by Crippen LogP contribution is 2.32. The van der Waals surface area contributed by atoms with Gasteiger partial charge < -0.3 is 10.1 Å². The molecule has 132 valence electrons. The molecule has 1 aromatic carbocycles. The van der Waals surface area contributed by atoms with Gasteiger partial charge in [0.15, 0.2) is 5.06 Å². The molecule has 2 unspecified atom stereocenters. The second-order valence-electron chi connectivity index (χ2n) is 7.10. The summed E-state index contributed by atoms with van der Waals surface area (Å²) >= 11 is 1.62. The standard InChI is InChI=1S/C20H24N2O2S/c1-13-3-8-18(25-13)24-17-6-4-16(5-7-17)20(23)21-19-14(2)22-11-9-15(19)10-12-22/h3-8,14-15,19H,9-12H2,1-2H3,(H,21,23). The van der Waals surface area contributed by atoms with Crippen molar-refractivity contribution in [2.45, 2.75) is 38.8 Å². The molecule has 1 amide bonds. The van der Waals surface area contributed by atoms with Gasteiger partial charge in [-0.1, -0.05) is 0 Å². The number of nitrogens with zero attached hydrogens (tertiary/aromatic N) is 1. The summed E-state index contributed by atoms with van der Waals surface area (Å²) in [7, 11) is 0. The molecule has 2 bridgehead atoms. The third kappa shape index (κ3) is 3.44. The van der Waals surface area contributed by atoms with Gasteiger partial charge in [0.1, 0.15) is 5.75 Å². The van der Waals surface area contributed by atoms with Gasteiger partial charge in [-0.05, 0) is 82.1 Å². The highest BCUT2D eigenvalue weighted by molar-refractivity contribution is 7.13. The summed E-state index contributed by atoms with van der Waals surface area (Å²) < 4.78 is 5.82. The molecular weight excluding hydrogens is 332 g/mol. The Morgan fingerprint density at radius 3 is 2.48 bits per heavy atom. The van der Waals surface area contributed by atoms with Crippen LogP contribution in [0.25, 0.3) is 0 Å². The number of benzene rings is 1. The minimum Gasteiger partial charge on any atom is -0.447 e. The zero-order valence-corrected chi connectivity index (χ0v) is 15.5. The summed E-state index contributed by atoms with van der Waals surface area (Å²) in [4.78, 5) is 16.4. The third-order valence-corrected chi connectivity index (χ3v) is 6.40. The van der Waals surface area contributed by atoms with Crippen molar-refractivity contribution in [1.29, 1.82) is 0 Å². The van der Waals surface area contributed by atoms with E-state index in [9.17, 15) is 4.79 Å². The van der Waals surface area contributed by atoms with Crippen molar-refractivity contribution in [3.63, 3.8) is 0 Å². The smallest absolute Gasteiger partial charge is 0.251 e. The van der Waals surface area contributed by atoms with Crippen molar-refractivity contribution in [3.8, 4) is 10.8 Å². The highest BCUT2D eigenvalue weighted by Gasteiger charge is 2.40. The number of hydrogen-bond donors (Lipinski definition) is 1. The number of nitrogens with one attached hydrogen (secondary N) is 1. The maximum absolute atomic E-state index is 12.6. The van der Waals surface area contributed by atoms with Crippen LogP contribution in [0.15, 0.2) is 36.4 Å². The second-order valence-corrected chi connectivity index (χ2v) is 8.36. The van der Waals surface area contributed by atoms with E-state index >= 15 is 0 Å². The maximum atomic E-state index is 12.6. The van der Waals surface area contributed by atoms with E-state index in [1.54, 1.807) is 11.3 Å². The number of fused-ring (bicyclic) bond motifs is 3. The summed E-state index contributed by atoms with van der Waals surface area (Å²) in [5, 5.41) is 4.14. The molecular formula is C20H24N2O2S. The molecule has 4 heterocycles. The van der Waals surface area contributed by atoms with Gasteiger partial charge in [0.2, 0.25) is 0 Å². The van der Waals surface area contributed by atoms with Gasteiger partial charge >= 0.3 is 0 Å².